The Hall–Kier alpha value is -1.59. The summed E-state index contributed by atoms with van der Waals surface area (Å²) in [4.78, 5) is 0. The van der Waals surface area contributed by atoms with Gasteiger partial charge in [-0.05, 0) is 17.7 Å². The van der Waals surface area contributed by atoms with Gasteiger partial charge in [-0.1, -0.05) is 6.07 Å². The van der Waals surface area contributed by atoms with Gasteiger partial charge >= 0.3 is 0 Å². The number of hydrogen-bond donors (Lipinski definition) is 1. The van der Waals surface area contributed by atoms with Gasteiger partial charge in [-0.2, -0.15) is 5.10 Å². The minimum atomic E-state index is -0.413. The van der Waals surface area contributed by atoms with Crippen molar-refractivity contribution in [2.45, 2.75) is 6.04 Å². The van der Waals surface area contributed by atoms with E-state index in [1.807, 2.05) is 13.2 Å². The molecule has 1 atom stereocenters. The molecule has 1 unspecified atom stereocenters. The molecule has 0 amide bonds. The fourth-order valence-electron chi connectivity index (χ4n) is 1.67. The van der Waals surface area contributed by atoms with Crippen molar-refractivity contribution >= 4 is 12.4 Å². The number of rotatable bonds is 3. The van der Waals surface area contributed by atoms with E-state index in [0.29, 0.717) is 5.56 Å². The van der Waals surface area contributed by atoms with E-state index in [1.165, 1.54) is 13.2 Å². The number of nitrogens with zero attached hydrogens (tertiary/aromatic N) is 2. The number of methoxy groups -OCH3 is 1. The highest BCUT2D eigenvalue weighted by atomic mass is 35.5. The molecule has 0 radical (unpaired) electrons. The quantitative estimate of drug-likeness (QED) is 0.929. The third-order valence-corrected chi connectivity index (χ3v) is 2.62. The number of ether oxygens (including phenoxy) is 1. The minimum Gasteiger partial charge on any atom is -0.494 e. The fraction of sp³-hybridized carbons (Fsp3) is 0.250. The summed E-state index contributed by atoms with van der Waals surface area (Å²) in [5, 5.41) is 4.04. The van der Waals surface area contributed by atoms with Crippen LogP contribution in [0.15, 0.2) is 30.6 Å². The molecule has 18 heavy (non-hydrogen) atoms. The molecule has 0 fully saturated rings. The van der Waals surface area contributed by atoms with Crippen LogP contribution in [0.2, 0.25) is 0 Å². The zero-order valence-corrected chi connectivity index (χ0v) is 10.9. The highest BCUT2D eigenvalue weighted by Gasteiger charge is 2.13. The lowest BCUT2D eigenvalue weighted by Gasteiger charge is -2.11. The van der Waals surface area contributed by atoms with Crippen LogP contribution in [0.1, 0.15) is 17.2 Å². The lowest BCUT2D eigenvalue weighted by molar-refractivity contribution is 0.386. The maximum absolute atomic E-state index is 13.5. The van der Waals surface area contributed by atoms with Crippen molar-refractivity contribution in [3.05, 3.63) is 47.5 Å². The Bertz CT molecular complexity index is 530. The lowest BCUT2D eigenvalue weighted by Crippen LogP contribution is -2.11. The van der Waals surface area contributed by atoms with E-state index in [0.717, 1.165) is 5.56 Å². The molecule has 0 saturated heterocycles. The highest BCUT2D eigenvalue weighted by molar-refractivity contribution is 5.85. The Kier molecular flexibility index (Phi) is 4.69. The summed E-state index contributed by atoms with van der Waals surface area (Å²) in [5.41, 5.74) is 7.56. The maximum atomic E-state index is 13.5. The summed E-state index contributed by atoms with van der Waals surface area (Å²) < 4.78 is 20.0. The monoisotopic (exact) mass is 271 g/mol. The van der Waals surface area contributed by atoms with Crippen molar-refractivity contribution in [3.63, 3.8) is 0 Å². The van der Waals surface area contributed by atoms with E-state index < -0.39 is 5.82 Å². The standard InChI is InChI=1S/C12H14FN3O.ClH/c1-16-7-9(6-15-16)12(14)8-3-4-11(17-2)10(13)5-8;/h3-7,12H,14H2,1-2H3;1H. The normalized spacial score (nSPS) is 11.8. The fourth-order valence-corrected chi connectivity index (χ4v) is 1.67. The average molecular weight is 272 g/mol. The summed E-state index contributed by atoms with van der Waals surface area (Å²) in [7, 11) is 3.24. The van der Waals surface area contributed by atoms with Gasteiger partial charge in [0.15, 0.2) is 11.6 Å². The first-order valence-electron chi connectivity index (χ1n) is 5.19. The molecule has 1 heterocycles. The zero-order valence-electron chi connectivity index (χ0n) is 10.1. The van der Waals surface area contributed by atoms with Crippen LogP contribution in [0.25, 0.3) is 0 Å². The molecule has 6 heteroatoms. The molecule has 0 spiro atoms. The molecule has 4 nitrogen and oxygen atoms in total. The van der Waals surface area contributed by atoms with E-state index >= 15 is 0 Å². The Labute approximate surface area is 111 Å². The second-order valence-corrected chi connectivity index (χ2v) is 3.82. The average Bonchev–Trinajstić information content (AvgIpc) is 2.75. The van der Waals surface area contributed by atoms with E-state index in [-0.39, 0.29) is 24.2 Å². The third kappa shape index (κ3) is 2.80. The van der Waals surface area contributed by atoms with Gasteiger partial charge in [0.05, 0.1) is 19.3 Å². The van der Waals surface area contributed by atoms with Crippen molar-refractivity contribution in [2.75, 3.05) is 7.11 Å². The molecular weight excluding hydrogens is 257 g/mol. The summed E-state index contributed by atoms with van der Waals surface area (Å²) in [6.45, 7) is 0. The van der Waals surface area contributed by atoms with E-state index in [4.69, 9.17) is 10.5 Å². The molecule has 98 valence electrons. The zero-order chi connectivity index (χ0) is 12.4. The predicted octanol–water partition coefficient (Wildman–Crippen LogP) is 2.04. The molecule has 2 rings (SSSR count). The Balaban J connectivity index is 0.00000162. The van der Waals surface area contributed by atoms with E-state index in [2.05, 4.69) is 5.10 Å². The van der Waals surface area contributed by atoms with Gasteiger partial charge in [-0.15, -0.1) is 12.4 Å². The third-order valence-electron chi connectivity index (χ3n) is 2.62. The Morgan fingerprint density at radius 2 is 2.11 bits per heavy atom. The minimum absolute atomic E-state index is 0. The molecular formula is C12H15ClFN3O. The van der Waals surface area contributed by atoms with Gasteiger partial charge < -0.3 is 10.5 Å². The van der Waals surface area contributed by atoms with Gasteiger partial charge in [0.2, 0.25) is 0 Å². The first kappa shape index (κ1) is 14.5. The maximum Gasteiger partial charge on any atom is 0.165 e. The SMILES string of the molecule is COc1ccc(C(N)c2cnn(C)c2)cc1F.Cl. The van der Waals surface area contributed by atoms with E-state index in [1.54, 1.807) is 23.0 Å². The molecule has 0 aliphatic carbocycles. The lowest BCUT2D eigenvalue weighted by atomic mass is 10.0. The van der Waals surface area contributed by atoms with Gasteiger partial charge in [0.1, 0.15) is 0 Å². The number of aromatic nitrogens is 2. The van der Waals surface area contributed by atoms with Crippen molar-refractivity contribution in [1.82, 2.24) is 9.78 Å². The number of nitrogens with two attached hydrogens (primary N) is 1. The molecule has 1 aromatic heterocycles. The predicted molar refractivity (Wildman–Crippen MR) is 69.4 cm³/mol. The summed E-state index contributed by atoms with van der Waals surface area (Å²) in [6, 6.07) is 4.32. The second kappa shape index (κ2) is 5.84. The van der Waals surface area contributed by atoms with Crippen molar-refractivity contribution in [2.24, 2.45) is 12.8 Å². The Morgan fingerprint density at radius 3 is 2.61 bits per heavy atom. The van der Waals surface area contributed by atoms with Gasteiger partial charge in [0, 0.05) is 18.8 Å². The summed E-state index contributed by atoms with van der Waals surface area (Å²) in [5.74, 6) is -0.198. The number of aryl methyl sites for hydroxylation is 1. The van der Waals surface area contributed by atoms with Gasteiger partial charge in [-0.25, -0.2) is 4.39 Å². The van der Waals surface area contributed by atoms with Crippen LogP contribution in [0, 0.1) is 5.82 Å². The molecule has 1 aromatic carbocycles. The number of halogens is 2. The van der Waals surface area contributed by atoms with Crippen molar-refractivity contribution in [3.8, 4) is 5.75 Å². The van der Waals surface area contributed by atoms with E-state index in [9.17, 15) is 4.39 Å². The molecule has 2 aromatic rings. The first-order valence-corrected chi connectivity index (χ1v) is 5.19. The molecule has 0 bridgehead atoms. The highest BCUT2D eigenvalue weighted by Crippen LogP contribution is 2.24. The molecule has 0 aliphatic heterocycles. The van der Waals surface area contributed by atoms with Crippen molar-refractivity contribution < 1.29 is 9.13 Å². The number of benzene rings is 1. The second-order valence-electron chi connectivity index (χ2n) is 3.82. The van der Waals surface area contributed by atoms with Crippen LogP contribution >= 0.6 is 12.4 Å². The summed E-state index contributed by atoms with van der Waals surface area (Å²) >= 11 is 0. The first-order chi connectivity index (χ1) is 8.11. The number of hydrogen-bond acceptors (Lipinski definition) is 3. The topological polar surface area (TPSA) is 53.1 Å². The van der Waals surface area contributed by atoms with Gasteiger partial charge in [0.25, 0.3) is 0 Å². The summed E-state index contributed by atoms with van der Waals surface area (Å²) in [6.07, 6.45) is 3.49. The van der Waals surface area contributed by atoms with Crippen LogP contribution < -0.4 is 10.5 Å². The van der Waals surface area contributed by atoms with Gasteiger partial charge in [-0.3, -0.25) is 4.68 Å². The van der Waals surface area contributed by atoms with Crippen LogP contribution in [0.4, 0.5) is 4.39 Å². The van der Waals surface area contributed by atoms with Crippen LogP contribution in [-0.2, 0) is 7.05 Å². The van der Waals surface area contributed by atoms with Crippen LogP contribution in [0.5, 0.6) is 5.75 Å². The Morgan fingerprint density at radius 1 is 1.39 bits per heavy atom. The smallest absolute Gasteiger partial charge is 0.165 e. The van der Waals surface area contributed by atoms with Crippen LogP contribution in [0.3, 0.4) is 0 Å². The molecule has 0 saturated carbocycles. The molecule has 2 N–H and O–H groups in total. The van der Waals surface area contributed by atoms with Crippen LogP contribution in [-0.4, -0.2) is 16.9 Å². The molecule has 0 aliphatic rings. The van der Waals surface area contributed by atoms with Crippen molar-refractivity contribution in [1.29, 1.82) is 0 Å². The largest absolute Gasteiger partial charge is 0.494 e.